The first-order valence-electron chi connectivity index (χ1n) is 5.93. The zero-order valence-electron chi connectivity index (χ0n) is 10.3. The van der Waals surface area contributed by atoms with Crippen LogP contribution in [-0.2, 0) is 6.54 Å². The molecule has 0 aliphatic rings. The molecular weight excluding hydrogens is 196 g/mol. The van der Waals surface area contributed by atoms with Crippen LogP contribution in [0.25, 0.3) is 10.9 Å². The summed E-state index contributed by atoms with van der Waals surface area (Å²) in [5, 5.41) is 1.29. The molecule has 2 heteroatoms. The van der Waals surface area contributed by atoms with Crippen molar-refractivity contribution in [3.8, 4) is 0 Å². The molecule has 0 radical (unpaired) electrons. The number of nitrogens with zero attached hydrogens (tertiary/aromatic N) is 1. The van der Waals surface area contributed by atoms with E-state index < -0.39 is 0 Å². The van der Waals surface area contributed by atoms with Crippen molar-refractivity contribution in [1.29, 1.82) is 0 Å². The lowest BCUT2D eigenvalue weighted by molar-refractivity contribution is 0.534. The normalized spacial score (nSPS) is 13.6. The van der Waals surface area contributed by atoms with Gasteiger partial charge in [0, 0.05) is 18.8 Å². The molecule has 0 aliphatic heterocycles. The van der Waals surface area contributed by atoms with Gasteiger partial charge in [-0.1, -0.05) is 32.0 Å². The Morgan fingerprint density at radius 2 is 1.94 bits per heavy atom. The second-order valence-electron chi connectivity index (χ2n) is 4.94. The summed E-state index contributed by atoms with van der Waals surface area (Å²) in [6.07, 6.45) is 2.16. The monoisotopic (exact) mass is 216 g/mol. The Labute approximate surface area is 97.1 Å². The number of aromatic nitrogens is 1. The van der Waals surface area contributed by atoms with Gasteiger partial charge in [0.05, 0.1) is 5.52 Å². The number of hydrogen-bond acceptors (Lipinski definition) is 1. The largest absolute Gasteiger partial charge is 0.347 e. The molecule has 86 valence electrons. The first kappa shape index (κ1) is 11.2. The van der Waals surface area contributed by atoms with E-state index in [0.29, 0.717) is 5.92 Å². The molecule has 1 aromatic heterocycles. The molecule has 2 rings (SSSR count). The van der Waals surface area contributed by atoms with Gasteiger partial charge >= 0.3 is 0 Å². The molecule has 2 N–H and O–H groups in total. The topological polar surface area (TPSA) is 30.9 Å². The van der Waals surface area contributed by atoms with Crippen LogP contribution in [0.4, 0.5) is 0 Å². The second-order valence-corrected chi connectivity index (χ2v) is 4.94. The zero-order valence-corrected chi connectivity index (χ0v) is 10.3. The van der Waals surface area contributed by atoms with Gasteiger partial charge in [-0.15, -0.1) is 0 Å². The highest BCUT2D eigenvalue weighted by atomic mass is 15.0. The van der Waals surface area contributed by atoms with Crippen LogP contribution in [0.2, 0.25) is 0 Å². The first-order chi connectivity index (χ1) is 7.59. The maximum absolute atomic E-state index is 6.03. The molecule has 0 aliphatic carbocycles. The van der Waals surface area contributed by atoms with Crippen molar-refractivity contribution in [2.75, 3.05) is 0 Å². The van der Waals surface area contributed by atoms with Crippen LogP contribution in [0, 0.1) is 5.92 Å². The number of rotatable bonds is 3. The standard InChI is InChI=1S/C14H20N2/c1-10(2)9-16-8-7-12-5-4-6-13(11(3)15)14(12)16/h4-8,10-11H,9,15H2,1-3H3. The third kappa shape index (κ3) is 1.98. The minimum absolute atomic E-state index is 0.0875. The Morgan fingerprint density at radius 3 is 2.56 bits per heavy atom. The Hall–Kier alpha value is -1.28. The van der Waals surface area contributed by atoms with Crippen LogP contribution in [0.1, 0.15) is 32.4 Å². The van der Waals surface area contributed by atoms with Crippen LogP contribution in [-0.4, -0.2) is 4.57 Å². The van der Waals surface area contributed by atoms with E-state index in [9.17, 15) is 0 Å². The van der Waals surface area contributed by atoms with E-state index in [-0.39, 0.29) is 6.04 Å². The summed E-state index contributed by atoms with van der Waals surface area (Å²) in [5.74, 6) is 0.650. The third-order valence-corrected chi connectivity index (χ3v) is 2.87. The zero-order chi connectivity index (χ0) is 11.7. The highest BCUT2D eigenvalue weighted by Crippen LogP contribution is 2.24. The lowest BCUT2D eigenvalue weighted by atomic mass is 10.1. The van der Waals surface area contributed by atoms with Gasteiger partial charge in [0.2, 0.25) is 0 Å². The fourth-order valence-corrected chi connectivity index (χ4v) is 2.20. The summed E-state index contributed by atoms with van der Waals surface area (Å²) in [6.45, 7) is 7.56. The van der Waals surface area contributed by atoms with E-state index >= 15 is 0 Å². The van der Waals surface area contributed by atoms with E-state index in [1.165, 1.54) is 16.5 Å². The molecule has 16 heavy (non-hydrogen) atoms. The van der Waals surface area contributed by atoms with Crippen LogP contribution >= 0.6 is 0 Å². The predicted molar refractivity (Wildman–Crippen MR) is 69.4 cm³/mol. The van der Waals surface area contributed by atoms with E-state index in [0.717, 1.165) is 6.54 Å². The van der Waals surface area contributed by atoms with Crippen LogP contribution in [0.3, 0.4) is 0 Å². The first-order valence-corrected chi connectivity index (χ1v) is 5.93. The third-order valence-electron chi connectivity index (χ3n) is 2.87. The minimum atomic E-state index is 0.0875. The summed E-state index contributed by atoms with van der Waals surface area (Å²) in [7, 11) is 0. The SMILES string of the molecule is CC(C)Cn1ccc2cccc(C(C)N)c21. The average Bonchev–Trinajstić information content (AvgIpc) is 2.60. The van der Waals surface area contributed by atoms with Crippen LogP contribution in [0.15, 0.2) is 30.5 Å². The number of fused-ring (bicyclic) bond motifs is 1. The van der Waals surface area contributed by atoms with Gasteiger partial charge in [-0.3, -0.25) is 0 Å². The van der Waals surface area contributed by atoms with E-state index in [1.54, 1.807) is 0 Å². The summed E-state index contributed by atoms with van der Waals surface area (Å²) < 4.78 is 2.32. The molecule has 0 fully saturated rings. The summed E-state index contributed by atoms with van der Waals surface area (Å²) in [6, 6.07) is 8.62. The summed E-state index contributed by atoms with van der Waals surface area (Å²) in [5.41, 5.74) is 8.56. The molecule has 2 aromatic rings. The number of hydrogen-bond donors (Lipinski definition) is 1. The van der Waals surface area contributed by atoms with Gasteiger partial charge in [0.25, 0.3) is 0 Å². The molecule has 0 bridgehead atoms. The lowest BCUT2D eigenvalue weighted by Gasteiger charge is -2.13. The van der Waals surface area contributed by atoms with Gasteiger partial charge in [0.15, 0.2) is 0 Å². The molecular formula is C14H20N2. The van der Waals surface area contributed by atoms with E-state index in [2.05, 4.69) is 48.9 Å². The van der Waals surface area contributed by atoms with Crippen molar-refractivity contribution in [3.05, 3.63) is 36.0 Å². The molecule has 0 saturated heterocycles. The Kier molecular flexibility index (Phi) is 3.01. The number of nitrogens with two attached hydrogens (primary N) is 1. The van der Waals surface area contributed by atoms with Crippen LogP contribution < -0.4 is 5.73 Å². The molecule has 0 amide bonds. The van der Waals surface area contributed by atoms with Gasteiger partial charge in [-0.2, -0.15) is 0 Å². The maximum atomic E-state index is 6.03. The predicted octanol–water partition coefficient (Wildman–Crippen LogP) is 3.32. The molecule has 0 saturated carbocycles. The molecule has 0 spiro atoms. The highest BCUT2D eigenvalue weighted by Gasteiger charge is 2.10. The maximum Gasteiger partial charge on any atom is 0.0528 e. The summed E-state index contributed by atoms with van der Waals surface area (Å²) >= 11 is 0. The molecule has 1 atom stereocenters. The van der Waals surface area contributed by atoms with Crippen molar-refractivity contribution in [3.63, 3.8) is 0 Å². The molecule has 1 heterocycles. The van der Waals surface area contributed by atoms with Crippen molar-refractivity contribution in [2.45, 2.75) is 33.4 Å². The Morgan fingerprint density at radius 1 is 1.19 bits per heavy atom. The van der Waals surface area contributed by atoms with Gasteiger partial charge in [0.1, 0.15) is 0 Å². The second kappa shape index (κ2) is 4.30. The Bertz CT molecular complexity index is 480. The molecule has 1 unspecified atom stereocenters. The van der Waals surface area contributed by atoms with Gasteiger partial charge in [-0.25, -0.2) is 0 Å². The van der Waals surface area contributed by atoms with E-state index in [1.807, 2.05) is 6.92 Å². The van der Waals surface area contributed by atoms with Crippen molar-refractivity contribution >= 4 is 10.9 Å². The van der Waals surface area contributed by atoms with Gasteiger partial charge < -0.3 is 10.3 Å². The summed E-state index contributed by atoms with van der Waals surface area (Å²) in [4.78, 5) is 0. The molecule has 2 nitrogen and oxygen atoms in total. The minimum Gasteiger partial charge on any atom is -0.347 e. The number of para-hydroxylation sites is 1. The van der Waals surface area contributed by atoms with Crippen LogP contribution in [0.5, 0.6) is 0 Å². The lowest BCUT2D eigenvalue weighted by Crippen LogP contribution is -2.09. The number of benzene rings is 1. The van der Waals surface area contributed by atoms with Crippen molar-refractivity contribution in [2.24, 2.45) is 11.7 Å². The smallest absolute Gasteiger partial charge is 0.0528 e. The fourth-order valence-electron chi connectivity index (χ4n) is 2.20. The van der Waals surface area contributed by atoms with Crippen molar-refractivity contribution in [1.82, 2.24) is 4.57 Å². The van der Waals surface area contributed by atoms with E-state index in [4.69, 9.17) is 5.73 Å². The fraction of sp³-hybridized carbons (Fsp3) is 0.429. The Balaban J connectivity index is 2.58. The quantitative estimate of drug-likeness (QED) is 0.838. The average molecular weight is 216 g/mol. The highest BCUT2D eigenvalue weighted by molar-refractivity contribution is 5.83. The van der Waals surface area contributed by atoms with Crippen molar-refractivity contribution < 1.29 is 0 Å². The van der Waals surface area contributed by atoms with Gasteiger partial charge in [-0.05, 0) is 29.9 Å². The molecule has 1 aromatic carbocycles.